The van der Waals surface area contributed by atoms with Gasteiger partial charge >= 0.3 is 0 Å². The van der Waals surface area contributed by atoms with Gasteiger partial charge in [-0.05, 0) is 43.7 Å². The Morgan fingerprint density at radius 1 is 1.30 bits per heavy atom. The smallest absolute Gasteiger partial charge is 0.231 e. The van der Waals surface area contributed by atoms with E-state index in [4.69, 9.17) is 5.73 Å². The third-order valence-electron chi connectivity index (χ3n) is 4.22. The molecule has 1 amide bonds. The predicted molar refractivity (Wildman–Crippen MR) is 74.1 cm³/mol. The molecular weight excluding hydrogens is 262 g/mol. The second kappa shape index (κ2) is 5.87. The van der Waals surface area contributed by atoms with Gasteiger partial charge in [-0.15, -0.1) is 0 Å². The van der Waals surface area contributed by atoms with Crippen molar-refractivity contribution in [3.05, 3.63) is 29.8 Å². The summed E-state index contributed by atoms with van der Waals surface area (Å²) < 4.78 is 26.3. The van der Waals surface area contributed by atoms with Crippen molar-refractivity contribution in [2.75, 3.05) is 11.9 Å². The van der Waals surface area contributed by atoms with Crippen molar-refractivity contribution in [1.29, 1.82) is 0 Å². The van der Waals surface area contributed by atoms with E-state index in [1.54, 1.807) is 0 Å². The van der Waals surface area contributed by atoms with Crippen LogP contribution in [0.25, 0.3) is 0 Å². The van der Waals surface area contributed by atoms with E-state index in [1.807, 2.05) is 0 Å². The van der Waals surface area contributed by atoms with Gasteiger partial charge in [-0.1, -0.05) is 6.92 Å². The first kappa shape index (κ1) is 14.9. The molecule has 110 valence electrons. The van der Waals surface area contributed by atoms with Crippen LogP contribution in [0.15, 0.2) is 18.2 Å². The molecule has 0 saturated heterocycles. The molecule has 0 heterocycles. The zero-order valence-corrected chi connectivity index (χ0v) is 11.6. The Kier molecular flexibility index (Phi) is 4.38. The molecule has 1 aromatic rings. The van der Waals surface area contributed by atoms with Crippen molar-refractivity contribution < 1.29 is 13.6 Å². The molecule has 0 aromatic heterocycles. The van der Waals surface area contributed by atoms with E-state index in [9.17, 15) is 13.6 Å². The molecule has 0 unspecified atom stereocenters. The minimum absolute atomic E-state index is 0.138. The van der Waals surface area contributed by atoms with Crippen LogP contribution in [0.5, 0.6) is 0 Å². The van der Waals surface area contributed by atoms with Crippen LogP contribution in [0.2, 0.25) is 0 Å². The molecule has 0 aliphatic heterocycles. The molecule has 3 N–H and O–H groups in total. The van der Waals surface area contributed by atoms with Crippen molar-refractivity contribution in [2.24, 2.45) is 17.1 Å². The standard InChI is InChI=1S/C15H20F2N2O/c1-10-2-4-15(9-18,5-3-10)14(20)19-13-7-11(16)6-12(17)8-13/h6-8,10H,2-5,9,18H2,1H3,(H,19,20). The van der Waals surface area contributed by atoms with Crippen molar-refractivity contribution in [3.63, 3.8) is 0 Å². The van der Waals surface area contributed by atoms with Gasteiger partial charge in [-0.2, -0.15) is 0 Å². The van der Waals surface area contributed by atoms with Gasteiger partial charge in [-0.25, -0.2) is 8.78 Å². The maximum Gasteiger partial charge on any atom is 0.231 e. The van der Waals surface area contributed by atoms with Crippen molar-refractivity contribution in [3.8, 4) is 0 Å². The molecule has 0 radical (unpaired) electrons. The van der Waals surface area contributed by atoms with E-state index in [0.29, 0.717) is 18.8 Å². The first-order valence-corrected chi connectivity index (χ1v) is 6.93. The summed E-state index contributed by atoms with van der Waals surface area (Å²) in [6.45, 7) is 2.41. The molecule has 5 heteroatoms. The molecule has 2 rings (SSSR count). The number of rotatable bonds is 3. The molecule has 3 nitrogen and oxygen atoms in total. The third kappa shape index (κ3) is 3.15. The number of benzene rings is 1. The number of nitrogens with one attached hydrogen (secondary N) is 1. The quantitative estimate of drug-likeness (QED) is 0.895. The highest BCUT2D eigenvalue weighted by atomic mass is 19.1. The molecule has 0 bridgehead atoms. The van der Waals surface area contributed by atoms with Gasteiger partial charge in [0.2, 0.25) is 5.91 Å². The zero-order chi connectivity index (χ0) is 14.8. The highest BCUT2D eigenvalue weighted by Gasteiger charge is 2.39. The first-order chi connectivity index (χ1) is 9.45. The lowest BCUT2D eigenvalue weighted by Gasteiger charge is -2.37. The van der Waals surface area contributed by atoms with Crippen LogP contribution in [-0.2, 0) is 4.79 Å². The Hall–Kier alpha value is -1.49. The van der Waals surface area contributed by atoms with Crippen LogP contribution in [-0.4, -0.2) is 12.5 Å². The molecule has 0 spiro atoms. The van der Waals surface area contributed by atoms with Gasteiger partial charge < -0.3 is 11.1 Å². The lowest BCUT2D eigenvalue weighted by molar-refractivity contribution is -0.127. The fraction of sp³-hybridized carbons (Fsp3) is 0.533. The summed E-state index contributed by atoms with van der Waals surface area (Å²) in [7, 11) is 0. The molecule has 1 aliphatic rings. The van der Waals surface area contributed by atoms with Gasteiger partial charge in [0.05, 0.1) is 5.41 Å². The fourth-order valence-electron chi connectivity index (χ4n) is 2.73. The summed E-state index contributed by atoms with van der Waals surface area (Å²) in [6, 6.07) is 2.99. The van der Waals surface area contributed by atoms with Crippen LogP contribution >= 0.6 is 0 Å². The van der Waals surface area contributed by atoms with Gasteiger partial charge in [0, 0.05) is 18.3 Å². The second-order valence-corrected chi connectivity index (χ2v) is 5.78. The Morgan fingerprint density at radius 3 is 2.35 bits per heavy atom. The number of hydrogen-bond acceptors (Lipinski definition) is 2. The van der Waals surface area contributed by atoms with E-state index in [-0.39, 0.29) is 18.1 Å². The van der Waals surface area contributed by atoms with Gasteiger partial charge in [0.1, 0.15) is 11.6 Å². The number of hydrogen-bond donors (Lipinski definition) is 2. The largest absolute Gasteiger partial charge is 0.329 e. The van der Waals surface area contributed by atoms with Crippen LogP contribution in [0.4, 0.5) is 14.5 Å². The van der Waals surface area contributed by atoms with Crippen LogP contribution in [0, 0.1) is 23.0 Å². The second-order valence-electron chi connectivity index (χ2n) is 5.78. The SMILES string of the molecule is CC1CCC(CN)(C(=O)Nc2cc(F)cc(F)c2)CC1. The summed E-state index contributed by atoms with van der Waals surface area (Å²) in [6.07, 6.45) is 3.33. The normalized spacial score (nSPS) is 26.3. The molecule has 1 aromatic carbocycles. The van der Waals surface area contributed by atoms with Crippen LogP contribution in [0.1, 0.15) is 32.6 Å². The minimum Gasteiger partial charge on any atom is -0.329 e. The number of anilines is 1. The van der Waals surface area contributed by atoms with Gasteiger partial charge in [0.25, 0.3) is 0 Å². The van der Waals surface area contributed by atoms with Gasteiger partial charge in [-0.3, -0.25) is 4.79 Å². The summed E-state index contributed by atoms with van der Waals surface area (Å²) in [5.41, 5.74) is 5.31. The van der Waals surface area contributed by atoms with Crippen molar-refractivity contribution in [2.45, 2.75) is 32.6 Å². The first-order valence-electron chi connectivity index (χ1n) is 6.93. The summed E-state index contributed by atoms with van der Waals surface area (Å²) in [5.74, 6) is -1.07. The third-order valence-corrected chi connectivity index (χ3v) is 4.22. The van der Waals surface area contributed by atoms with Crippen molar-refractivity contribution in [1.82, 2.24) is 0 Å². The molecule has 1 saturated carbocycles. The summed E-state index contributed by atoms with van der Waals surface area (Å²) in [5, 5.41) is 2.60. The minimum atomic E-state index is -0.709. The van der Waals surface area contributed by atoms with E-state index in [1.165, 1.54) is 0 Å². The topological polar surface area (TPSA) is 55.1 Å². The number of carbonyl (C=O) groups is 1. The van der Waals surface area contributed by atoms with Gasteiger partial charge in [0.15, 0.2) is 0 Å². The molecule has 1 aliphatic carbocycles. The number of nitrogens with two attached hydrogens (primary N) is 1. The average molecular weight is 282 g/mol. The molecule has 1 fully saturated rings. The van der Waals surface area contributed by atoms with E-state index in [0.717, 1.165) is 31.0 Å². The predicted octanol–water partition coefficient (Wildman–Crippen LogP) is 3.06. The number of carbonyl (C=O) groups excluding carboxylic acids is 1. The molecule has 20 heavy (non-hydrogen) atoms. The number of amides is 1. The lowest BCUT2D eigenvalue weighted by Crippen LogP contribution is -2.44. The van der Waals surface area contributed by atoms with E-state index in [2.05, 4.69) is 12.2 Å². The highest BCUT2D eigenvalue weighted by Crippen LogP contribution is 2.39. The van der Waals surface area contributed by atoms with Crippen LogP contribution in [0.3, 0.4) is 0 Å². The Labute approximate surface area is 117 Å². The summed E-state index contributed by atoms with van der Waals surface area (Å²) >= 11 is 0. The van der Waals surface area contributed by atoms with E-state index >= 15 is 0 Å². The molecule has 0 atom stereocenters. The lowest BCUT2D eigenvalue weighted by atomic mass is 9.70. The maximum absolute atomic E-state index is 13.1. The fourth-order valence-corrected chi connectivity index (χ4v) is 2.73. The van der Waals surface area contributed by atoms with E-state index < -0.39 is 17.0 Å². The number of halogens is 2. The Bertz CT molecular complexity index is 476. The zero-order valence-electron chi connectivity index (χ0n) is 11.6. The maximum atomic E-state index is 13.1. The monoisotopic (exact) mass is 282 g/mol. The van der Waals surface area contributed by atoms with Crippen LogP contribution < -0.4 is 11.1 Å². The van der Waals surface area contributed by atoms with Crippen molar-refractivity contribution >= 4 is 11.6 Å². The summed E-state index contributed by atoms with van der Waals surface area (Å²) in [4.78, 5) is 12.4. The molecular formula is C15H20F2N2O. The Morgan fingerprint density at radius 2 is 1.85 bits per heavy atom. The average Bonchev–Trinajstić information content (AvgIpc) is 2.38. The highest BCUT2D eigenvalue weighted by molar-refractivity contribution is 5.95. The Balaban J connectivity index is 2.13.